The van der Waals surface area contributed by atoms with E-state index < -0.39 is 0 Å². The maximum absolute atomic E-state index is 12.6. The molecule has 20 heavy (non-hydrogen) atoms. The van der Waals surface area contributed by atoms with Crippen molar-refractivity contribution in [3.63, 3.8) is 0 Å². The number of ether oxygens (including phenoxy) is 3. The number of hydrogen-bond donors (Lipinski definition) is 0. The topological polar surface area (TPSA) is 51.4 Å². The maximum Gasteiger partial charge on any atom is 0.312 e. The Labute approximate surface area is 120 Å². The SMILES string of the molecule is CC1(C(=O)OC2CCC3OC3(C)C2)CCC2OC2(C)C1. The van der Waals surface area contributed by atoms with Gasteiger partial charge in [0.2, 0.25) is 0 Å². The predicted octanol–water partition coefficient (Wildman–Crippen LogP) is 2.59. The van der Waals surface area contributed by atoms with Crippen molar-refractivity contribution in [1.82, 2.24) is 0 Å². The Morgan fingerprint density at radius 3 is 2.45 bits per heavy atom. The molecule has 0 radical (unpaired) electrons. The zero-order valence-electron chi connectivity index (χ0n) is 12.6. The van der Waals surface area contributed by atoms with Crippen LogP contribution in [0.25, 0.3) is 0 Å². The summed E-state index contributed by atoms with van der Waals surface area (Å²) >= 11 is 0. The summed E-state index contributed by atoms with van der Waals surface area (Å²) in [5.74, 6) is -0.0274. The molecule has 112 valence electrons. The van der Waals surface area contributed by atoms with Crippen molar-refractivity contribution in [3.8, 4) is 0 Å². The molecule has 0 spiro atoms. The van der Waals surface area contributed by atoms with Gasteiger partial charge in [-0.3, -0.25) is 4.79 Å². The number of fused-ring (bicyclic) bond motifs is 2. The van der Waals surface area contributed by atoms with E-state index in [1.54, 1.807) is 0 Å². The molecule has 4 aliphatic rings. The lowest BCUT2D eigenvalue weighted by molar-refractivity contribution is -0.164. The number of esters is 1. The number of rotatable bonds is 2. The lowest BCUT2D eigenvalue weighted by Crippen LogP contribution is -2.41. The van der Waals surface area contributed by atoms with E-state index in [9.17, 15) is 4.79 Å². The Kier molecular flexibility index (Phi) is 2.47. The van der Waals surface area contributed by atoms with Crippen LogP contribution in [0.1, 0.15) is 59.3 Å². The Bertz CT molecular complexity index is 463. The standard InChI is InChI=1S/C16H24O4/c1-14(7-6-12-16(3,9-14)20-12)13(17)18-10-4-5-11-15(2,8-10)19-11/h10-12H,4-9H2,1-3H3. The molecule has 2 aliphatic carbocycles. The summed E-state index contributed by atoms with van der Waals surface area (Å²) in [7, 11) is 0. The number of carbonyl (C=O) groups is 1. The average molecular weight is 280 g/mol. The summed E-state index contributed by atoms with van der Waals surface area (Å²) in [6.45, 7) is 6.29. The number of epoxide rings is 2. The highest BCUT2D eigenvalue weighted by atomic mass is 16.6. The van der Waals surface area contributed by atoms with Gasteiger partial charge in [0.05, 0.1) is 28.8 Å². The fourth-order valence-electron chi connectivity index (χ4n) is 4.42. The molecule has 6 unspecified atom stereocenters. The van der Waals surface area contributed by atoms with Crippen LogP contribution < -0.4 is 0 Å². The van der Waals surface area contributed by atoms with Crippen molar-refractivity contribution in [3.05, 3.63) is 0 Å². The van der Waals surface area contributed by atoms with Gasteiger partial charge < -0.3 is 14.2 Å². The normalized spacial score (nSPS) is 56.5. The molecule has 2 saturated carbocycles. The van der Waals surface area contributed by atoms with E-state index in [-0.39, 0.29) is 28.7 Å². The molecule has 0 aromatic heterocycles. The maximum atomic E-state index is 12.6. The van der Waals surface area contributed by atoms with Crippen molar-refractivity contribution in [2.24, 2.45) is 5.41 Å². The summed E-state index contributed by atoms with van der Waals surface area (Å²) in [5, 5.41) is 0. The van der Waals surface area contributed by atoms with Crippen LogP contribution in [-0.2, 0) is 19.0 Å². The van der Waals surface area contributed by atoms with Crippen LogP contribution >= 0.6 is 0 Å². The summed E-state index contributed by atoms with van der Waals surface area (Å²) < 4.78 is 17.2. The smallest absolute Gasteiger partial charge is 0.312 e. The quantitative estimate of drug-likeness (QED) is 0.576. The highest BCUT2D eigenvalue weighted by Gasteiger charge is 2.61. The van der Waals surface area contributed by atoms with Gasteiger partial charge in [-0.15, -0.1) is 0 Å². The van der Waals surface area contributed by atoms with Crippen LogP contribution in [-0.4, -0.2) is 35.5 Å². The summed E-state index contributed by atoms with van der Waals surface area (Å²) in [5.41, 5.74) is -0.466. The molecule has 0 bridgehead atoms. The first kappa shape index (κ1) is 13.1. The van der Waals surface area contributed by atoms with Crippen LogP contribution in [0.2, 0.25) is 0 Å². The van der Waals surface area contributed by atoms with Gasteiger partial charge in [0.25, 0.3) is 0 Å². The van der Waals surface area contributed by atoms with E-state index in [2.05, 4.69) is 13.8 Å². The summed E-state index contributed by atoms with van der Waals surface area (Å²) in [6, 6.07) is 0. The fourth-order valence-corrected chi connectivity index (χ4v) is 4.42. The van der Waals surface area contributed by atoms with Crippen LogP contribution in [0, 0.1) is 5.41 Å². The van der Waals surface area contributed by atoms with Crippen molar-refractivity contribution >= 4 is 5.97 Å². The Balaban J connectivity index is 1.40. The number of carbonyl (C=O) groups excluding carboxylic acids is 1. The van der Waals surface area contributed by atoms with Gasteiger partial charge in [0.1, 0.15) is 6.10 Å². The molecule has 0 N–H and O–H groups in total. The number of hydrogen-bond acceptors (Lipinski definition) is 4. The molecule has 2 aliphatic heterocycles. The second-order valence-corrected chi connectivity index (χ2v) is 7.92. The van der Waals surface area contributed by atoms with Crippen LogP contribution in [0.5, 0.6) is 0 Å². The third kappa shape index (κ3) is 1.92. The van der Waals surface area contributed by atoms with E-state index in [4.69, 9.17) is 14.2 Å². The van der Waals surface area contributed by atoms with Gasteiger partial charge >= 0.3 is 5.97 Å². The van der Waals surface area contributed by atoms with E-state index in [0.29, 0.717) is 12.2 Å². The molecule has 0 aromatic rings. The zero-order valence-corrected chi connectivity index (χ0v) is 12.6. The first-order chi connectivity index (χ1) is 9.33. The minimum Gasteiger partial charge on any atom is -0.462 e. The third-order valence-electron chi connectivity index (χ3n) is 5.92. The molecular weight excluding hydrogens is 256 g/mol. The minimum atomic E-state index is -0.371. The molecular formula is C16H24O4. The molecule has 4 heteroatoms. The van der Waals surface area contributed by atoms with Crippen LogP contribution in [0.3, 0.4) is 0 Å². The van der Waals surface area contributed by atoms with Crippen molar-refractivity contribution in [1.29, 1.82) is 0 Å². The average Bonchev–Trinajstić information content (AvgIpc) is 3.21. The second-order valence-electron chi connectivity index (χ2n) is 7.92. The van der Waals surface area contributed by atoms with Gasteiger partial charge in [0.15, 0.2) is 0 Å². The third-order valence-corrected chi connectivity index (χ3v) is 5.92. The fraction of sp³-hybridized carbons (Fsp3) is 0.938. The molecule has 4 rings (SSSR count). The summed E-state index contributed by atoms with van der Waals surface area (Å²) in [4.78, 5) is 12.6. The second kappa shape index (κ2) is 3.77. The monoisotopic (exact) mass is 280 g/mol. The molecule has 0 aromatic carbocycles. The molecule has 0 amide bonds. The minimum absolute atomic E-state index is 0.0205. The van der Waals surface area contributed by atoms with E-state index in [1.165, 1.54) is 0 Å². The molecule has 2 saturated heterocycles. The Hall–Kier alpha value is -0.610. The highest BCUT2D eigenvalue weighted by Crippen LogP contribution is 2.55. The Morgan fingerprint density at radius 1 is 1.05 bits per heavy atom. The Morgan fingerprint density at radius 2 is 1.75 bits per heavy atom. The predicted molar refractivity (Wildman–Crippen MR) is 72.2 cm³/mol. The highest BCUT2D eigenvalue weighted by molar-refractivity contribution is 5.77. The van der Waals surface area contributed by atoms with Gasteiger partial charge in [-0.05, 0) is 52.9 Å². The lowest BCUT2D eigenvalue weighted by Gasteiger charge is -2.34. The van der Waals surface area contributed by atoms with Gasteiger partial charge in [-0.2, -0.15) is 0 Å². The molecule has 4 fully saturated rings. The molecule has 6 atom stereocenters. The lowest BCUT2D eigenvalue weighted by atomic mass is 9.71. The van der Waals surface area contributed by atoms with Gasteiger partial charge in [-0.1, -0.05) is 0 Å². The van der Waals surface area contributed by atoms with Crippen LogP contribution in [0.4, 0.5) is 0 Å². The first-order valence-corrected chi connectivity index (χ1v) is 7.90. The summed E-state index contributed by atoms with van der Waals surface area (Å²) in [6.07, 6.45) is 6.30. The van der Waals surface area contributed by atoms with Crippen molar-refractivity contribution in [2.45, 2.75) is 88.8 Å². The largest absolute Gasteiger partial charge is 0.462 e. The first-order valence-electron chi connectivity index (χ1n) is 7.90. The zero-order chi connectivity index (χ0) is 14.2. The van der Waals surface area contributed by atoms with E-state index >= 15 is 0 Å². The molecule has 2 heterocycles. The van der Waals surface area contributed by atoms with Gasteiger partial charge in [0, 0.05) is 6.42 Å². The van der Waals surface area contributed by atoms with Crippen molar-refractivity contribution < 1.29 is 19.0 Å². The molecule has 4 nitrogen and oxygen atoms in total. The van der Waals surface area contributed by atoms with Crippen LogP contribution in [0.15, 0.2) is 0 Å². The van der Waals surface area contributed by atoms with Gasteiger partial charge in [-0.25, -0.2) is 0 Å². The van der Waals surface area contributed by atoms with Crippen molar-refractivity contribution in [2.75, 3.05) is 0 Å². The van der Waals surface area contributed by atoms with E-state index in [1.807, 2.05) is 6.92 Å². The van der Waals surface area contributed by atoms with E-state index in [0.717, 1.165) is 38.5 Å².